The Balaban J connectivity index is 1.56. The van der Waals surface area contributed by atoms with Crippen LogP contribution in [0.4, 0.5) is 0 Å². The van der Waals surface area contributed by atoms with E-state index >= 15 is 0 Å². The molecular formula is C20H26N4O. The molecule has 25 heavy (non-hydrogen) atoms. The minimum atomic E-state index is 0.0858. The second kappa shape index (κ2) is 6.30. The van der Waals surface area contributed by atoms with Gasteiger partial charge in [-0.3, -0.25) is 4.79 Å². The molecule has 0 spiro atoms. The van der Waals surface area contributed by atoms with E-state index in [-0.39, 0.29) is 5.91 Å². The molecule has 2 bridgehead atoms. The van der Waals surface area contributed by atoms with Gasteiger partial charge in [0.1, 0.15) is 0 Å². The summed E-state index contributed by atoms with van der Waals surface area (Å²) in [7, 11) is 1.95. The fourth-order valence-electron chi connectivity index (χ4n) is 4.34. The van der Waals surface area contributed by atoms with Crippen molar-refractivity contribution < 1.29 is 4.79 Å². The number of amides is 1. The molecule has 1 amide bonds. The van der Waals surface area contributed by atoms with Gasteiger partial charge in [-0.2, -0.15) is 5.10 Å². The number of carbonyl (C=O) groups excluding carboxylic acids is 1. The Labute approximate surface area is 149 Å². The van der Waals surface area contributed by atoms with Crippen LogP contribution in [-0.2, 0) is 0 Å². The molecule has 132 valence electrons. The molecule has 1 aromatic heterocycles. The summed E-state index contributed by atoms with van der Waals surface area (Å²) in [6.45, 7) is 4.04. The van der Waals surface area contributed by atoms with Crippen LogP contribution in [0, 0.1) is 13.8 Å². The van der Waals surface area contributed by atoms with Crippen molar-refractivity contribution in [1.29, 1.82) is 0 Å². The van der Waals surface area contributed by atoms with Crippen molar-refractivity contribution in [2.45, 2.75) is 57.7 Å². The van der Waals surface area contributed by atoms with Gasteiger partial charge in [-0.05, 0) is 57.2 Å². The van der Waals surface area contributed by atoms with Gasteiger partial charge in [0.25, 0.3) is 5.91 Å². The molecule has 1 N–H and O–H groups in total. The Bertz CT molecular complexity index is 785. The Morgan fingerprint density at radius 1 is 1.24 bits per heavy atom. The third-order valence-electron chi connectivity index (χ3n) is 5.80. The first-order chi connectivity index (χ1) is 12.0. The van der Waals surface area contributed by atoms with E-state index in [2.05, 4.69) is 29.5 Å². The minimum absolute atomic E-state index is 0.0858. The van der Waals surface area contributed by atoms with E-state index in [1.54, 1.807) is 6.20 Å². The van der Waals surface area contributed by atoms with E-state index in [4.69, 9.17) is 0 Å². The van der Waals surface area contributed by atoms with Gasteiger partial charge in [0.05, 0.1) is 23.1 Å². The average molecular weight is 338 g/mol. The molecule has 5 nitrogen and oxygen atoms in total. The van der Waals surface area contributed by atoms with Crippen LogP contribution in [0.1, 0.15) is 47.3 Å². The Morgan fingerprint density at radius 2 is 1.96 bits per heavy atom. The zero-order valence-corrected chi connectivity index (χ0v) is 15.2. The number of hydrogen-bond acceptors (Lipinski definition) is 3. The maximum absolute atomic E-state index is 13.1. The molecule has 2 fully saturated rings. The fourth-order valence-corrected chi connectivity index (χ4v) is 4.34. The molecule has 4 rings (SSSR count). The highest BCUT2D eigenvalue weighted by Crippen LogP contribution is 2.30. The zero-order chi connectivity index (χ0) is 17.6. The number of hydrogen-bond donors (Lipinski definition) is 1. The number of piperidine rings is 1. The van der Waals surface area contributed by atoms with E-state index in [1.165, 1.54) is 18.4 Å². The molecule has 3 heterocycles. The van der Waals surface area contributed by atoms with Crippen LogP contribution in [0.25, 0.3) is 5.69 Å². The highest BCUT2D eigenvalue weighted by molar-refractivity contribution is 5.95. The van der Waals surface area contributed by atoms with Crippen LogP contribution in [0.2, 0.25) is 0 Å². The summed E-state index contributed by atoms with van der Waals surface area (Å²) in [5, 5.41) is 8.12. The third-order valence-corrected chi connectivity index (χ3v) is 5.80. The molecule has 0 saturated carbocycles. The lowest BCUT2D eigenvalue weighted by molar-refractivity contribution is 0.0681. The van der Waals surface area contributed by atoms with Gasteiger partial charge in [0.15, 0.2) is 0 Å². The van der Waals surface area contributed by atoms with E-state index < -0.39 is 0 Å². The van der Waals surface area contributed by atoms with Crippen molar-refractivity contribution in [3.8, 4) is 5.69 Å². The van der Waals surface area contributed by atoms with Gasteiger partial charge in [-0.15, -0.1) is 0 Å². The van der Waals surface area contributed by atoms with Crippen molar-refractivity contribution in [1.82, 2.24) is 20.0 Å². The van der Waals surface area contributed by atoms with Crippen LogP contribution >= 0.6 is 0 Å². The molecule has 2 aromatic rings. The molecule has 2 aliphatic heterocycles. The fraction of sp³-hybridized carbons (Fsp3) is 0.500. The van der Waals surface area contributed by atoms with Crippen molar-refractivity contribution in [2.75, 3.05) is 7.05 Å². The van der Waals surface area contributed by atoms with E-state index in [0.29, 0.717) is 23.7 Å². The van der Waals surface area contributed by atoms with Gasteiger partial charge in [0, 0.05) is 25.2 Å². The van der Waals surface area contributed by atoms with Crippen molar-refractivity contribution >= 4 is 5.91 Å². The third kappa shape index (κ3) is 2.97. The average Bonchev–Trinajstić information content (AvgIpc) is 3.15. The number of nitrogens with zero attached hydrogens (tertiary/aromatic N) is 3. The largest absolute Gasteiger partial charge is 0.338 e. The first-order valence-corrected chi connectivity index (χ1v) is 9.18. The standard InChI is InChI=1S/C20H26N4O/c1-13-5-4-6-17(9-13)24-14(2)19(12-21-24)20(25)23(3)18-10-15-7-8-16(11-18)22-15/h4-6,9,12,15-16,18,22H,7-8,10-11H2,1-3H3. The zero-order valence-electron chi connectivity index (χ0n) is 15.2. The smallest absolute Gasteiger partial charge is 0.257 e. The van der Waals surface area contributed by atoms with Crippen LogP contribution in [0.5, 0.6) is 0 Å². The summed E-state index contributed by atoms with van der Waals surface area (Å²) in [6, 6.07) is 9.67. The summed E-state index contributed by atoms with van der Waals surface area (Å²) in [5.74, 6) is 0.0858. The molecular weight excluding hydrogens is 312 g/mol. The monoisotopic (exact) mass is 338 g/mol. The van der Waals surface area contributed by atoms with Crippen molar-refractivity contribution in [3.05, 3.63) is 47.3 Å². The molecule has 0 radical (unpaired) electrons. The van der Waals surface area contributed by atoms with Gasteiger partial charge in [-0.25, -0.2) is 4.68 Å². The van der Waals surface area contributed by atoms with Gasteiger partial charge < -0.3 is 10.2 Å². The molecule has 2 saturated heterocycles. The van der Waals surface area contributed by atoms with Crippen molar-refractivity contribution in [3.63, 3.8) is 0 Å². The summed E-state index contributed by atoms with van der Waals surface area (Å²) in [4.78, 5) is 15.0. The lowest BCUT2D eigenvalue weighted by Gasteiger charge is -2.35. The number of nitrogens with one attached hydrogen (secondary N) is 1. The minimum Gasteiger partial charge on any atom is -0.338 e. The van der Waals surface area contributed by atoms with Crippen molar-refractivity contribution in [2.24, 2.45) is 0 Å². The highest BCUT2D eigenvalue weighted by atomic mass is 16.2. The number of fused-ring (bicyclic) bond motifs is 2. The van der Waals surface area contributed by atoms with E-state index in [1.807, 2.05) is 35.7 Å². The molecule has 2 unspecified atom stereocenters. The predicted molar refractivity (Wildman–Crippen MR) is 98.1 cm³/mol. The van der Waals surface area contributed by atoms with E-state index in [0.717, 1.165) is 24.2 Å². The molecule has 0 aliphatic carbocycles. The van der Waals surface area contributed by atoms with Gasteiger partial charge >= 0.3 is 0 Å². The Hall–Kier alpha value is -2.14. The van der Waals surface area contributed by atoms with Gasteiger partial charge in [0.2, 0.25) is 0 Å². The summed E-state index contributed by atoms with van der Waals surface area (Å²) >= 11 is 0. The normalized spacial score (nSPS) is 25.2. The summed E-state index contributed by atoms with van der Waals surface area (Å²) < 4.78 is 1.86. The summed E-state index contributed by atoms with van der Waals surface area (Å²) in [6.07, 6.45) is 6.32. The highest BCUT2D eigenvalue weighted by Gasteiger charge is 2.37. The lowest BCUT2D eigenvalue weighted by Crippen LogP contribution is -2.48. The second-order valence-electron chi connectivity index (χ2n) is 7.57. The van der Waals surface area contributed by atoms with E-state index in [9.17, 15) is 4.79 Å². The van der Waals surface area contributed by atoms with Crippen LogP contribution in [0.3, 0.4) is 0 Å². The maximum Gasteiger partial charge on any atom is 0.257 e. The lowest BCUT2D eigenvalue weighted by atomic mass is 9.98. The van der Waals surface area contributed by atoms with Crippen LogP contribution in [0.15, 0.2) is 30.5 Å². The Kier molecular flexibility index (Phi) is 4.12. The first-order valence-electron chi connectivity index (χ1n) is 9.18. The summed E-state index contributed by atoms with van der Waals surface area (Å²) in [5.41, 5.74) is 3.79. The number of benzene rings is 1. The molecule has 2 atom stereocenters. The van der Waals surface area contributed by atoms with Crippen LogP contribution < -0.4 is 5.32 Å². The van der Waals surface area contributed by atoms with Gasteiger partial charge in [-0.1, -0.05) is 12.1 Å². The van der Waals surface area contributed by atoms with Crippen LogP contribution in [-0.4, -0.2) is 45.8 Å². The molecule has 2 aliphatic rings. The number of rotatable bonds is 3. The Morgan fingerprint density at radius 3 is 2.64 bits per heavy atom. The maximum atomic E-state index is 13.1. The quantitative estimate of drug-likeness (QED) is 0.936. The topological polar surface area (TPSA) is 50.2 Å². The predicted octanol–water partition coefficient (Wildman–Crippen LogP) is 2.84. The SMILES string of the molecule is Cc1cccc(-n2ncc(C(=O)N(C)C3CC4CCC(C3)N4)c2C)c1. The number of aryl methyl sites for hydroxylation is 1. The number of aromatic nitrogens is 2. The molecule has 1 aromatic carbocycles. The second-order valence-corrected chi connectivity index (χ2v) is 7.57. The molecule has 5 heteroatoms. The number of carbonyl (C=O) groups is 1. The first kappa shape index (κ1) is 16.3.